The highest BCUT2D eigenvalue weighted by Crippen LogP contribution is 2.26. The Morgan fingerprint density at radius 3 is 2.54 bits per heavy atom. The molecule has 2 aromatic carbocycles. The highest BCUT2D eigenvalue weighted by Gasteiger charge is 2.33. The van der Waals surface area contributed by atoms with Crippen molar-refractivity contribution in [2.24, 2.45) is 10.9 Å². The van der Waals surface area contributed by atoms with Gasteiger partial charge in [-0.25, -0.2) is 12.8 Å². The van der Waals surface area contributed by atoms with Crippen molar-refractivity contribution in [3.8, 4) is 0 Å². The molecule has 11 heteroatoms. The standard InChI is InChI=1S/C24H26FN3O5S2/c1-15-11-20-21(12-16(15)2)34-24(28(20)14-22(29)33-3)26-23(30)17-5-4-10-27(13-17)35(31,32)19-8-6-18(25)7-9-19/h6-9,11-12,17H,4-5,10,13-14H2,1-3H3. The van der Waals surface area contributed by atoms with E-state index in [1.54, 1.807) is 4.57 Å². The van der Waals surface area contributed by atoms with E-state index in [0.717, 1.165) is 33.5 Å². The van der Waals surface area contributed by atoms with Crippen molar-refractivity contribution < 1.29 is 27.1 Å². The Kier molecular flexibility index (Phi) is 7.20. The van der Waals surface area contributed by atoms with E-state index in [9.17, 15) is 22.4 Å². The summed E-state index contributed by atoms with van der Waals surface area (Å²) in [5.41, 5.74) is 2.90. The molecular formula is C24H26FN3O5S2. The number of rotatable bonds is 5. The van der Waals surface area contributed by atoms with Crippen LogP contribution in [0, 0.1) is 25.6 Å². The van der Waals surface area contributed by atoms with Crippen molar-refractivity contribution in [1.82, 2.24) is 8.87 Å². The number of thiazole rings is 1. The molecule has 0 spiro atoms. The van der Waals surface area contributed by atoms with E-state index >= 15 is 0 Å². The molecule has 1 saturated heterocycles. The predicted molar refractivity (Wildman–Crippen MR) is 130 cm³/mol. The van der Waals surface area contributed by atoms with E-state index < -0.39 is 33.6 Å². The van der Waals surface area contributed by atoms with Crippen molar-refractivity contribution in [3.05, 3.63) is 58.1 Å². The lowest BCUT2D eigenvalue weighted by molar-refractivity contribution is -0.141. The molecule has 1 amide bonds. The number of aryl methyl sites for hydroxylation is 2. The number of carbonyl (C=O) groups excluding carboxylic acids is 2. The zero-order valence-corrected chi connectivity index (χ0v) is 21.3. The summed E-state index contributed by atoms with van der Waals surface area (Å²) in [7, 11) is -2.57. The number of sulfonamides is 1. The topological polar surface area (TPSA) is 98.0 Å². The van der Waals surface area contributed by atoms with Crippen molar-refractivity contribution in [2.45, 2.75) is 38.1 Å². The Bertz CT molecular complexity index is 1460. The average molecular weight is 520 g/mol. The van der Waals surface area contributed by atoms with Crippen molar-refractivity contribution in [3.63, 3.8) is 0 Å². The first kappa shape index (κ1) is 25.2. The number of ether oxygens (including phenoxy) is 1. The van der Waals surface area contributed by atoms with Crippen LogP contribution in [0.3, 0.4) is 0 Å². The number of benzene rings is 2. The fourth-order valence-electron chi connectivity index (χ4n) is 4.06. The third-order valence-electron chi connectivity index (χ3n) is 6.20. The molecule has 1 atom stereocenters. The quantitative estimate of drug-likeness (QED) is 0.483. The molecule has 0 saturated carbocycles. The molecule has 1 aliphatic heterocycles. The van der Waals surface area contributed by atoms with E-state index in [1.165, 1.54) is 34.9 Å². The Morgan fingerprint density at radius 1 is 1.17 bits per heavy atom. The summed E-state index contributed by atoms with van der Waals surface area (Å²) in [5.74, 6) is -2.06. The van der Waals surface area contributed by atoms with Crippen LogP contribution in [0.4, 0.5) is 4.39 Å². The van der Waals surface area contributed by atoms with Crippen molar-refractivity contribution >= 4 is 43.5 Å². The molecule has 1 unspecified atom stereocenters. The molecule has 8 nitrogen and oxygen atoms in total. The van der Waals surface area contributed by atoms with Gasteiger partial charge in [0, 0.05) is 13.1 Å². The second-order valence-corrected chi connectivity index (χ2v) is 11.5. The van der Waals surface area contributed by atoms with Crippen LogP contribution in [0.2, 0.25) is 0 Å². The number of hydrogen-bond donors (Lipinski definition) is 0. The molecule has 1 aliphatic rings. The van der Waals surface area contributed by atoms with Crippen LogP contribution >= 0.6 is 11.3 Å². The van der Waals surface area contributed by atoms with Crippen LogP contribution < -0.4 is 4.80 Å². The maximum atomic E-state index is 13.3. The molecule has 0 aliphatic carbocycles. The number of esters is 1. The molecule has 35 heavy (non-hydrogen) atoms. The normalized spacial score (nSPS) is 17.6. The summed E-state index contributed by atoms with van der Waals surface area (Å²) in [6, 6.07) is 8.57. The monoisotopic (exact) mass is 519 g/mol. The minimum absolute atomic E-state index is 0.0117. The summed E-state index contributed by atoms with van der Waals surface area (Å²) < 4.78 is 47.9. The molecule has 3 aromatic rings. The number of halogens is 1. The lowest BCUT2D eigenvalue weighted by atomic mass is 9.99. The van der Waals surface area contributed by atoms with Gasteiger partial charge in [0.25, 0.3) is 5.91 Å². The van der Waals surface area contributed by atoms with Crippen molar-refractivity contribution in [1.29, 1.82) is 0 Å². The van der Waals surface area contributed by atoms with Gasteiger partial charge in [-0.15, -0.1) is 0 Å². The van der Waals surface area contributed by atoms with E-state index in [-0.39, 0.29) is 24.5 Å². The van der Waals surface area contributed by atoms with E-state index in [1.807, 2.05) is 26.0 Å². The van der Waals surface area contributed by atoms with Crippen molar-refractivity contribution in [2.75, 3.05) is 20.2 Å². The van der Waals surface area contributed by atoms with Gasteiger partial charge in [0.15, 0.2) is 4.80 Å². The second kappa shape index (κ2) is 10.00. The maximum absolute atomic E-state index is 13.3. The second-order valence-electron chi connectivity index (χ2n) is 8.56. The summed E-state index contributed by atoms with van der Waals surface area (Å²) >= 11 is 1.30. The van der Waals surface area contributed by atoms with Crippen LogP contribution in [-0.2, 0) is 30.9 Å². The summed E-state index contributed by atoms with van der Waals surface area (Å²) in [4.78, 5) is 29.9. The smallest absolute Gasteiger partial charge is 0.325 e. The summed E-state index contributed by atoms with van der Waals surface area (Å²) in [6.07, 6.45) is 0.997. The number of nitrogens with zero attached hydrogens (tertiary/aromatic N) is 3. The van der Waals surface area contributed by atoms with E-state index in [0.29, 0.717) is 17.6 Å². The van der Waals surface area contributed by atoms with Crippen LogP contribution in [0.5, 0.6) is 0 Å². The highest BCUT2D eigenvalue weighted by atomic mass is 32.2. The Balaban J connectivity index is 1.66. The lowest BCUT2D eigenvalue weighted by Crippen LogP contribution is -2.42. The van der Waals surface area contributed by atoms with Gasteiger partial charge >= 0.3 is 5.97 Å². The van der Waals surface area contributed by atoms with Gasteiger partial charge < -0.3 is 9.30 Å². The number of hydrogen-bond acceptors (Lipinski definition) is 6. The fraction of sp³-hybridized carbons (Fsp3) is 0.375. The predicted octanol–water partition coefficient (Wildman–Crippen LogP) is 3.16. The van der Waals surface area contributed by atoms with Gasteiger partial charge in [-0.1, -0.05) is 11.3 Å². The van der Waals surface area contributed by atoms with Crippen LogP contribution in [0.15, 0.2) is 46.3 Å². The average Bonchev–Trinajstić information content (AvgIpc) is 3.15. The SMILES string of the molecule is COC(=O)Cn1c(=NC(=O)C2CCCN(S(=O)(=O)c3ccc(F)cc3)C2)sc2cc(C)c(C)cc21. The molecule has 0 bridgehead atoms. The maximum Gasteiger partial charge on any atom is 0.325 e. The zero-order chi connectivity index (χ0) is 25.3. The first-order chi connectivity index (χ1) is 16.6. The number of piperidine rings is 1. The molecule has 1 aromatic heterocycles. The number of fused-ring (bicyclic) bond motifs is 1. The van der Waals surface area contributed by atoms with Crippen LogP contribution in [-0.4, -0.2) is 49.4 Å². The Labute approximate surface area is 206 Å². The van der Waals surface area contributed by atoms with Crippen LogP contribution in [0.1, 0.15) is 24.0 Å². The molecule has 0 radical (unpaired) electrons. The minimum Gasteiger partial charge on any atom is -0.468 e. The molecule has 0 N–H and O–H groups in total. The van der Waals surface area contributed by atoms with E-state index in [2.05, 4.69) is 4.99 Å². The zero-order valence-electron chi connectivity index (χ0n) is 19.7. The van der Waals surface area contributed by atoms with Gasteiger partial charge in [-0.05, 0) is 74.2 Å². The third-order valence-corrected chi connectivity index (χ3v) is 9.12. The van der Waals surface area contributed by atoms with Gasteiger partial charge in [0.05, 0.1) is 28.1 Å². The summed E-state index contributed by atoms with van der Waals surface area (Å²) in [5, 5.41) is 0. The summed E-state index contributed by atoms with van der Waals surface area (Å²) in [6.45, 7) is 4.12. The fourth-order valence-corrected chi connectivity index (χ4v) is 6.70. The largest absolute Gasteiger partial charge is 0.468 e. The molecule has 2 heterocycles. The Morgan fingerprint density at radius 2 is 1.86 bits per heavy atom. The first-order valence-electron chi connectivity index (χ1n) is 11.1. The molecule has 186 valence electrons. The van der Waals surface area contributed by atoms with Gasteiger partial charge in [-0.2, -0.15) is 9.30 Å². The van der Waals surface area contributed by atoms with Gasteiger partial charge in [0.1, 0.15) is 12.4 Å². The minimum atomic E-state index is -3.87. The highest BCUT2D eigenvalue weighted by molar-refractivity contribution is 7.89. The number of methoxy groups -OCH3 is 1. The van der Waals surface area contributed by atoms with Gasteiger partial charge in [0.2, 0.25) is 10.0 Å². The number of aromatic nitrogens is 1. The van der Waals surface area contributed by atoms with Crippen LogP contribution in [0.25, 0.3) is 10.2 Å². The number of amides is 1. The molecule has 1 fully saturated rings. The van der Waals surface area contributed by atoms with E-state index in [4.69, 9.17) is 4.74 Å². The van der Waals surface area contributed by atoms with Gasteiger partial charge in [-0.3, -0.25) is 9.59 Å². The molecular weight excluding hydrogens is 493 g/mol. The molecule has 4 rings (SSSR count). The lowest BCUT2D eigenvalue weighted by Gasteiger charge is -2.30. The first-order valence-corrected chi connectivity index (χ1v) is 13.4. The Hall–Kier alpha value is -2.89. The number of carbonyl (C=O) groups is 2. The third kappa shape index (κ3) is 5.21.